The number of nitrogens with one attached hydrogen (secondary N) is 2. The van der Waals surface area contributed by atoms with Gasteiger partial charge in [-0.1, -0.05) is 25.5 Å². The smallest absolute Gasteiger partial charge is 0.317 e. The lowest BCUT2D eigenvalue weighted by Gasteiger charge is -2.36. The number of amides is 3. The maximum Gasteiger partial charge on any atom is 0.317 e. The molecule has 0 atom stereocenters. The number of carbonyl (C=O) groups excluding carboxylic acids is 2. The SMILES string of the molecule is CCCCc1ccc(C(=O)Nc2ccc(N3CCN(C(=O)NCC)CC3)cc2)cc1. The summed E-state index contributed by atoms with van der Waals surface area (Å²) in [5, 5.41) is 5.82. The highest BCUT2D eigenvalue weighted by molar-refractivity contribution is 6.04. The molecule has 1 aliphatic heterocycles. The van der Waals surface area contributed by atoms with Gasteiger partial charge in [0.25, 0.3) is 5.91 Å². The van der Waals surface area contributed by atoms with Crippen molar-refractivity contribution in [2.24, 2.45) is 0 Å². The Morgan fingerprint density at radius 2 is 1.57 bits per heavy atom. The molecule has 2 N–H and O–H groups in total. The minimum Gasteiger partial charge on any atom is -0.368 e. The van der Waals surface area contributed by atoms with E-state index in [0.29, 0.717) is 25.2 Å². The quantitative estimate of drug-likeness (QED) is 0.724. The van der Waals surface area contributed by atoms with Crippen LogP contribution < -0.4 is 15.5 Å². The molecule has 0 unspecified atom stereocenters. The van der Waals surface area contributed by atoms with Gasteiger partial charge in [-0.2, -0.15) is 0 Å². The fraction of sp³-hybridized carbons (Fsp3) is 0.417. The van der Waals surface area contributed by atoms with E-state index in [1.54, 1.807) is 0 Å². The second-order valence-electron chi connectivity index (χ2n) is 7.61. The predicted molar refractivity (Wildman–Crippen MR) is 122 cm³/mol. The summed E-state index contributed by atoms with van der Waals surface area (Å²) >= 11 is 0. The molecule has 6 heteroatoms. The largest absolute Gasteiger partial charge is 0.368 e. The van der Waals surface area contributed by atoms with E-state index >= 15 is 0 Å². The van der Waals surface area contributed by atoms with E-state index in [0.717, 1.165) is 30.9 Å². The summed E-state index contributed by atoms with van der Waals surface area (Å²) in [6, 6.07) is 15.8. The molecule has 0 bridgehead atoms. The van der Waals surface area contributed by atoms with Crippen LogP contribution in [0.2, 0.25) is 0 Å². The van der Waals surface area contributed by atoms with Crippen LogP contribution >= 0.6 is 0 Å². The molecular weight excluding hydrogens is 376 g/mol. The number of anilines is 2. The van der Waals surface area contributed by atoms with Gasteiger partial charge in [0.1, 0.15) is 0 Å². The maximum absolute atomic E-state index is 12.5. The van der Waals surface area contributed by atoms with Gasteiger partial charge in [-0.3, -0.25) is 4.79 Å². The summed E-state index contributed by atoms with van der Waals surface area (Å²) in [5.74, 6) is -0.0969. The molecule has 0 aliphatic carbocycles. The Labute approximate surface area is 179 Å². The lowest BCUT2D eigenvalue weighted by molar-refractivity contribution is 0.102. The standard InChI is InChI=1S/C24H32N4O2/c1-3-5-6-19-7-9-20(10-8-19)23(29)26-21-11-13-22(14-12-21)27-15-17-28(18-16-27)24(30)25-4-2/h7-14H,3-6,15-18H2,1-2H3,(H,25,30)(H,26,29). The van der Waals surface area contributed by atoms with Gasteiger partial charge >= 0.3 is 6.03 Å². The maximum atomic E-state index is 12.5. The van der Waals surface area contributed by atoms with Crippen molar-refractivity contribution < 1.29 is 9.59 Å². The first kappa shape index (κ1) is 21.7. The van der Waals surface area contributed by atoms with Crippen molar-refractivity contribution in [3.63, 3.8) is 0 Å². The van der Waals surface area contributed by atoms with Crippen molar-refractivity contribution in [2.75, 3.05) is 42.9 Å². The van der Waals surface area contributed by atoms with Crippen LogP contribution in [0.15, 0.2) is 48.5 Å². The van der Waals surface area contributed by atoms with Gasteiger partial charge < -0.3 is 20.4 Å². The molecule has 1 saturated heterocycles. The number of piperazine rings is 1. The highest BCUT2D eigenvalue weighted by Gasteiger charge is 2.20. The monoisotopic (exact) mass is 408 g/mol. The van der Waals surface area contributed by atoms with Crippen LogP contribution in [0.1, 0.15) is 42.6 Å². The number of hydrogen-bond donors (Lipinski definition) is 2. The summed E-state index contributed by atoms with van der Waals surface area (Å²) in [5.41, 5.74) is 3.81. The molecule has 1 fully saturated rings. The van der Waals surface area contributed by atoms with Gasteiger partial charge in [0.05, 0.1) is 0 Å². The van der Waals surface area contributed by atoms with Gasteiger partial charge in [-0.25, -0.2) is 4.79 Å². The first-order chi connectivity index (χ1) is 14.6. The minimum atomic E-state index is -0.0969. The third kappa shape index (κ3) is 5.75. The topological polar surface area (TPSA) is 64.7 Å². The molecule has 1 heterocycles. The first-order valence-electron chi connectivity index (χ1n) is 10.9. The van der Waals surface area contributed by atoms with Crippen molar-refractivity contribution in [3.05, 3.63) is 59.7 Å². The lowest BCUT2D eigenvalue weighted by Crippen LogP contribution is -2.51. The first-order valence-corrected chi connectivity index (χ1v) is 10.9. The van der Waals surface area contributed by atoms with E-state index in [4.69, 9.17) is 0 Å². The molecule has 1 aliphatic rings. The fourth-order valence-corrected chi connectivity index (χ4v) is 3.59. The zero-order valence-corrected chi connectivity index (χ0v) is 18.0. The summed E-state index contributed by atoms with van der Waals surface area (Å²) in [6.45, 7) is 7.77. The number of benzene rings is 2. The molecule has 0 radical (unpaired) electrons. The van der Waals surface area contributed by atoms with Crippen LogP contribution in [0.3, 0.4) is 0 Å². The van der Waals surface area contributed by atoms with Crippen LogP contribution in [0.4, 0.5) is 16.2 Å². The number of unbranched alkanes of at least 4 members (excludes halogenated alkanes) is 1. The van der Waals surface area contributed by atoms with Crippen LogP contribution in [-0.4, -0.2) is 49.6 Å². The molecular formula is C24H32N4O2. The Bertz CT molecular complexity index is 825. The second-order valence-corrected chi connectivity index (χ2v) is 7.61. The van der Waals surface area contributed by atoms with E-state index in [9.17, 15) is 9.59 Å². The van der Waals surface area contributed by atoms with Crippen LogP contribution in [0.25, 0.3) is 0 Å². The van der Waals surface area contributed by atoms with E-state index in [2.05, 4.69) is 22.5 Å². The van der Waals surface area contributed by atoms with Crippen molar-refractivity contribution in [2.45, 2.75) is 33.1 Å². The summed E-state index contributed by atoms with van der Waals surface area (Å²) in [6.07, 6.45) is 3.39. The molecule has 3 rings (SSSR count). The predicted octanol–water partition coefficient (Wildman–Crippen LogP) is 4.13. The molecule has 0 aromatic heterocycles. The second kappa shape index (κ2) is 10.7. The number of aryl methyl sites for hydroxylation is 1. The van der Waals surface area contributed by atoms with Crippen molar-refractivity contribution >= 4 is 23.3 Å². The van der Waals surface area contributed by atoms with Crippen LogP contribution in [-0.2, 0) is 6.42 Å². The third-order valence-corrected chi connectivity index (χ3v) is 5.42. The van der Waals surface area contributed by atoms with Crippen molar-refractivity contribution in [3.8, 4) is 0 Å². The van der Waals surface area contributed by atoms with E-state index in [1.807, 2.05) is 60.4 Å². The van der Waals surface area contributed by atoms with E-state index in [1.165, 1.54) is 18.4 Å². The van der Waals surface area contributed by atoms with Gasteiger partial charge in [-0.15, -0.1) is 0 Å². The number of hydrogen-bond acceptors (Lipinski definition) is 3. The van der Waals surface area contributed by atoms with Crippen molar-refractivity contribution in [1.82, 2.24) is 10.2 Å². The van der Waals surface area contributed by atoms with Crippen LogP contribution in [0.5, 0.6) is 0 Å². The number of carbonyl (C=O) groups is 2. The Hall–Kier alpha value is -3.02. The van der Waals surface area contributed by atoms with E-state index < -0.39 is 0 Å². The van der Waals surface area contributed by atoms with Crippen molar-refractivity contribution in [1.29, 1.82) is 0 Å². The Morgan fingerprint density at radius 3 is 2.17 bits per heavy atom. The Morgan fingerprint density at radius 1 is 0.900 bits per heavy atom. The highest BCUT2D eigenvalue weighted by Crippen LogP contribution is 2.20. The fourth-order valence-electron chi connectivity index (χ4n) is 3.59. The molecule has 3 amide bonds. The summed E-state index contributed by atoms with van der Waals surface area (Å²) in [4.78, 5) is 28.6. The number of rotatable bonds is 7. The minimum absolute atomic E-state index is 0.00797. The van der Waals surface area contributed by atoms with Gasteiger partial charge in [0, 0.05) is 49.7 Å². The number of nitrogens with zero attached hydrogens (tertiary/aromatic N) is 2. The average molecular weight is 409 g/mol. The molecule has 2 aromatic rings. The molecule has 6 nitrogen and oxygen atoms in total. The Kier molecular flexibility index (Phi) is 7.71. The lowest BCUT2D eigenvalue weighted by atomic mass is 10.1. The summed E-state index contributed by atoms with van der Waals surface area (Å²) < 4.78 is 0. The molecule has 0 saturated carbocycles. The molecule has 0 spiro atoms. The van der Waals surface area contributed by atoms with Gasteiger partial charge in [0.2, 0.25) is 0 Å². The van der Waals surface area contributed by atoms with Gasteiger partial charge in [0.15, 0.2) is 0 Å². The Balaban J connectivity index is 1.52. The number of urea groups is 1. The van der Waals surface area contributed by atoms with Crippen LogP contribution in [0, 0.1) is 0 Å². The summed E-state index contributed by atoms with van der Waals surface area (Å²) in [7, 11) is 0. The zero-order chi connectivity index (χ0) is 21.3. The average Bonchev–Trinajstić information content (AvgIpc) is 2.79. The third-order valence-electron chi connectivity index (χ3n) is 5.42. The molecule has 160 valence electrons. The zero-order valence-electron chi connectivity index (χ0n) is 18.0. The molecule has 30 heavy (non-hydrogen) atoms. The normalized spacial score (nSPS) is 13.8. The highest BCUT2D eigenvalue weighted by atomic mass is 16.2. The van der Waals surface area contributed by atoms with E-state index in [-0.39, 0.29) is 11.9 Å². The van der Waals surface area contributed by atoms with Gasteiger partial charge in [-0.05, 0) is 61.7 Å². The molecule has 2 aromatic carbocycles.